The summed E-state index contributed by atoms with van der Waals surface area (Å²) >= 11 is 3.50. The zero-order valence-corrected chi connectivity index (χ0v) is 20.4. The lowest BCUT2D eigenvalue weighted by Gasteiger charge is -2.14. The quantitative estimate of drug-likeness (QED) is 0.218. The van der Waals surface area contributed by atoms with Gasteiger partial charge in [0.1, 0.15) is 6.61 Å². The number of aryl methyl sites for hydroxylation is 1. The van der Waals surface area contributed by atoms with Crippen LogP contribution >= 0.6 is 15.9 Å². The molecule has 3 aromatic rings. The fourth-order valence-corrected chi connectivity index (χ4v) is 3.53. The lowest BCUT2D eigenvalue weighted by Crippen LogP contribution is -2.20. The number of amides is 1. The summed E-state index contributed by atoms with van der Waals surface area (Å²) in [6.45, 7) is 4.75. The van der Waals surface area contributed by atoms with Crippen LogP contribution in [0.25, 0.3) is 0 Å². The van der Waals surface area contributed by atoms with Crippen LogP contribution in [0.4, 0.5) is 5.69 Å². The van der Waals surface area contributed by atoms with Crippen molar-refractivity contribution in [2.75, 3.05) is 6.61 Å². The highest BCUT2D eigenvalue weighted by Crippen LogP contribution is 2.34. The lowest BCUT2D eigenvalue weighted by atomic mass is 10.1. The number of nitro benzene ring substituents is 1. The second kappa shape index (κ2) is 11.9. The van der Waals surface area contributed by atoms with Crippen LogP contribution in [0.15, 0.2) is 70.2 Å². The van der Waals surface area contributed by atoms with Crippen LogP contribution in [-0.2, 0) is 17.8 Å². The molecule has 3 rings (SSSR count). The molecule has 176 valence electrons. The first kappa shape index (κ1) is 24.9. The third-order valence-corrected chi connectivity index (χ3v) is 5.50. The SMILES string of the molecule is CCOc1cc(/C=N/NC(=O)Cc2ccccc2[N+](=O)[O-])c(Br)cc1OCc1ccc(C)cc1. The molecule has 0 fully saturated rings. The number of hydrazone groups is 1. The average molecular weight is 526 g/mol. The van der Waals surface area contributed by atoms with Crippen LogP contribution < -0.4 is 14.9 Å². The fourth-order valence-electron chi connectivity index (χ4n) is 3.10. The molecule has 0 aliphatic heterocycles. The summed E-state index contributed by atoms with van der Waals surface area (Å²) in [5.41, 5.74) is 5.50. The van der Waals surface area contributed by atoms with E-state index in [1.165, 1.54) is 17.8 Å². The van der Waals surface area contributed by atoms with Gasteiger partial charge in [0.15, 0.2) is 11.5 Å². The lowest BCUT2D eigenvalue weighted by molar-refractivity contribution is -0.385. The maximum absolute atomic E-state index is 12.2. The fraction of sp³-hybridized carbons (Fsp3) is 0.200. The minimum Gasteiger partial charge on any atom is -0.490 e. The minimum atomic E-state index is -0.513. The van der Waals surface area contributed by atoms with Gasteiger partial charge in [-0.3, -0.25) is 14.9 Å². The van der Waals surface area contributed by atoms with Gasteiger partial charge < -0.3 is 9.47 Å². The molecule has 8 nitrogen and oxygen atoms in total. The molecule has 0 saturated heterocycles. The van der Waals surface area contributed by atoms with Crippen molar-refractivity contribution in [3.63, 3.8) is 0 Å². The number of nitro groups is 1. The summed E-state index contributed by atoms with van der Waals surface area (Å²) in [6.07, 6.45) is 1.30. The number of nitrogens with zero attached hydrogens (tertiary/aromatic N) is 2. The van der Waals surface area contributed by atoms with Crippen LogP contribution in [-0.4, -0.2) is 23.7 Å². The summed E-state index contributed by atoms with van der Waals surface area (Å²) in [7, 11) is 0. The Bertz CT molecular complexity index is 1200. The Labute approximate surface area is 205 Å². The molecule has 0 saturated carbocycles. The second-order valence-corrected chi connectivity index (χ2v) is 8.24. The first-order valence-electron chi connectivity index (χ1n) is 10.6. The number of hydrogen-bond acceptors (Lipinski definition) is 6. The van der Waals surface area contributed by atoms with Crippen molar-refractivity contribution in [3.8, 4) is 11.5 Å². The summed E-state index contributed by atoms with van der Waals surface area (Å²) in [6, 6.07) is 17.7. The highest BCUT2D eigenvalue weighted by Gasteiger charge is 2.15. The molecule has 0 radical (unpaired) electrons. The minimum absolute atomic E-state index is 0.105. The first-order valence-corrected chi connectivity index (χ1v) is 11.4. The van der Waals surface area contributed by atoms with Crippen molar-refractivity contribution < 1.29 is 19.2 Å². The molecular formula is C25H24BrN3O5. The summed E-state index contributed by atoms with van der Waals surface area (Å²) in [5, 5.41) is 15.1. The van der Waals surface area contributed by atoms with Gasteiger partial charge in [-0.05, 0) is 47.5 Å². The first-order chi connectivity index (χ1) is 16.4. The Morgan fingerprint density at radius 1 is 1.12 bits per heavy atom. The maximum Gasteiger partial charge on any atom is 0.273 e. The molecule has 34 heavy (non-hydrogen) atoms. The number of hydrogen-bond donors (Lipinski definition) is 1. The molecular weight excluding hydrogens is 502 g/mol. The number of ether oxygens (including phenoxy) is 2. The number of para-hydroxylation sites is 1. The molecule has 0 heterocycles. The molecule has 1 amide bonds. The monoisotopic (exact) mass is 525 g/mol. The predicted octanol–water partition coefficient (Wildman–Crippen LogP) is 5.34. The van der Waals surface area contributed by atoms with Crippen molar-refractivity contribution in [3.05, 3.63) is 97.5 Å². The Morgan fingerprint density at radius 2 is 1.82 bits per heavy atom. The van der Waals surface area contributed by atoms with Gasteiger partial charge in [0.25, 0.3) is 5.69 Å². The van der Waals surface area contributed by atoms with Gasteiger partial charge in [0, 0.05) is 21.7 Å². The van der Waals surface area contributed by atoms with Crippen molar-refractivity contribution >= 4 is 33.7 Å². The van der Waals surface area contributed by atoms with Gasteiger partial charge in [-0.1, -0.05) is 48.0 Å². The summed E-state index contributed by atoms with van der Waals surface area (Å²) in [5.74, 6) is 0.655. The Balaban J connectivity index is 1.68. The van der Waals surface area contributed by atoms with Crippen molar-refractivity contribution in [2.45, 2.75) is 26.9 Å². The largest absolute Gasteiger partial charge is 0.490 e. The molecule has 0 aliphatic rings. The van der Waals surface area contributed by atoms with E-state index in [4.69, 9.17) is 9.47 Å². The van der Waals surface area contributed by atoms with E-state index in [9.17, 15) is 14.9 Å². The number of carbonyl (C=O) groups excluding carboxylic acids is 1. The molecule has 0 bridgehead atoms. The van der Waals surface area contributed by atoms with Gasteiger partial charge >= 0.3 is 0 Å². The normalized spacial score (nSPS) is 10.8. The Kier molecular flexibility index (Phi) is 8.75. The van der Waals surface area contributed by atoms with E-state index in [0.29, 0.717) is 40.3 Å². The van der Waals surface area contributed by atoms with Crippen LogP contribution in [0.5, 0.6) is 11.5 Å². The second-order valence-electron chi connectivity index (χ2n) is 7.38. The molecule has 9 heteroatoms. The summed E-state index contributed by atoms with van der Waals surface area (Å²) in [4.78, 5) is 22.8. The van der Waals surface area contributed by atoms with Gasteiger partial charge in [-0.25, -0.2) is 5.43 Å². The number of benzene rings is 3. The smallest absolute Gasteiger partial charge is 0.273 e. The maximum atomic E-state index is 12.2. The van der Waals surface area contributed by atoms with Crippen LogP contribution in [0.1, 0.15) is 29.2 Å². The van der Waals surface area contributed by atoms with Gasteiger partial charge in [0.05, 0.1) is 24.2 Å². The molecule has 1 N–H and O–H groups in total. The van der Waals surface area contributed by atoms with Crippen LogP contribution in [0, 0.1) is 17.0 Å². The number of halogens is 1. The third-order valence-electron chi connectivity index (χ3n) is 4.81. The highest BCUT2D eigenvalue weighted by atomic mass is 79.9. The van der Waals surface area contributed by atoms with Gasteiger partial charge in [-0.2, -0.15) is 5.10 Å². The number of carbonyl (C=O) groups is 1. The van der Waals surface area contributed by atoms with Crippen LogP contribution in [0.2, 0.25) is 0 Å². The predicted molar refractivity (Wildman–Crippen MR) is 133 cm³/mol. The number of nitrogens with one attached hydrogen (secondary N) is 1. The molecule has 0 aromatic heterocycles. The van der Waals surface area contributed by atoms with Crippen molar-refractivity contribution in [1.29, 1.82) is 0 Å². The van der Waals surface area contributed by atoms with Gasteiger partial charge in [0.2, 0.25) is 5.91 Å². The van der Waals surface area contributed by atoms with Crippen molar-refractivity contribution in [2.24, 2.45) is 5.10 Å². The van der Waals surface area contributed by atoms with E-state index >= 15 is 0 Å². The van der Waals surface area contributed by atoms with Crippen LogP contribution in [0.3, 0.4) is 0 Å². The third kappa shape index (κ3) is 6.89. The average Bonchev–Trinajstić information content (AvgIpc) is 2.81. The van der Waals surface area contributed by atoms with E-state index in [-0.39, 0.29) is 12.1 Å². The Morgan fingerprint density at radius 3 is 2.53 bits per heavy atom. The highest BCUT2D eigenvalue weighted by molar-refractivity contribution is 9.10. The molecule has 0 unspecified atom stereocenters. The molecule has 0 aliphatic carbocycles. The van der Waals surface area contributed by atoms with E-state index in [1.807, 2.05) is 38.1 Å². The summed E-state index contributed by atoms with van der Waals surface area (Å²) < 4.78 is 12.4. The topological polar surface area (TPSA) is 103 Å². The standard InChI is InChI=1S/C25H24BrN3O5/c1-3-33-23-12-20(21(26)14-24(23)34-16-18-10-8-17(2)9-11-18)15-27-28-25(30)13-19-6-4-5-7-22(19)29(31)32/h4-12,14-15H,3,13,16H2,1-2H3,(H,28,30)/b27-15+. The van der Waals surface area contributed by atoms with E-state index < -0.39 is 10.8 Å². The van der Waals surface area contributed by atoms with E-state index in [2.05, 4.69) is 26.5 Å². The zero-order valence-electron chi connectivity index (χ0n) is 18.8. The number of rotatable bonds is 10. The van der Waals surface area contributed by atoms with E-state index in [0.717, 1.165) is 5.56 Å². The van der Waals surface area contributed by atoms with Gasteiger partial charge in [-0.15, -0.1) is 0 Å². The molecule has 0 spiro atoms. The zero-order chi connectivity index (χ0) is 24.5. The van der Waals surface area contributed by atoms with E-state index in [1.54, 1.807) is 30.3 Å². The Hall–Kier alpha value is -3.72. The molecule has 0 atom stereocenters. The van der Waals surface area contributed by atoms with Crippen molar-refractivity contribution in [1.82, 2.24) is 5.43 Å². The molecule has 3 aromatic carbocycles.